The van der Waals surface area contributed by atoms with Crippen LogP contribution in [0, 0.1) is 5.82 Å². The van der Waals surface area contributed by atoms with E-state index in [1.807, 2.05) is 0 Å². The van der Waals surface area contributed by atoms with E-state index in [-0.39, 0.29) is 40.2 Å². The fraction of sp³-hybridized carbons (Fsp3) is 0.0800. The molecule has 1 fully saturated rings. The number of barbiturate groups is 1. The first kappa shape index (κ1) is 24.3. The summed E-state index contributed by atoms with van der Waals surface area (Å²) < 4.78 is 24.3. The average Bonchev–Trinajstić information content (AvgIpc) is 2.83. The first-order valence-corrected chi connectivity index (χ1v) is 10.9. The number of amides is 4. The molecule has 0 spiro atoms. The highest BCUT2D eigenvalue weighted by atomic mass is 35.5. The van der Waals surface area contributed by atoms with Crippen LogP contribution in [0.15, 0.2) is 66.2 Å². The van der Waals surface area contributed by atoms with Crippen molar-refractivity contribution in [1.29, 1.82) is 0 Å². The van der Waals surface area contributed by atoms with Crippen molar-refractivity contribution < 1.29 is 28.2 Å². The molecule has 10 heteroatoms. The molecule has 3 aromatic carbocycles. The van der Waals surface area contributed by atoms with Gasteiger partial charge in [0.05, 0.1) is 17.8 Å². The Labute approximate surface area is 209 Å². The Morgan fingerprint density at radius 1 is 1.00 bits per heavy atom. The first-order chi connectivity index (χ1) is 16.8. The van der Waals surface area contributed by atoms with E-state index in [2.05, 4.69) is 5.32 Å². The van der Waals surface area contributed by atoms with Crippen LogP contribution in [0.5, 0.6) is 11.5 Å². The number of halogens is 3. The van der Waals surface area contributed by atoms with Crippen molar-refractivity contribution in [1.82, 2.24) is 5.32 Å². The summed E-state index contributed by atoms with van der Waals surface area (Å²) in [6, 6.07) is 13.9. The highest BCUT2D eigenvalue weighted by Gasteiger charge is 2.36. The number of nitrogens with one attached hydrogen (secondary N) is 1. The third-order valence-corrected chi connectivity index (χ3v) is 5.58. The molecular formula is C25H17Cl2FN2O5. The largest absolute Gasteiger partial charge is 0.493 e. The molecule has 1 aliphatic heterocycles. The number of imide groups is 2. The molecule has 7 nitrogen and oxygen atoms in total. The van der Waals surface area contributed by atoms with Crippen molar-refractivity contribution in [3.8, 4) is 11.5 Å². The number of nitrogens with zero attached hydrogens (tertiary/aromatic N) is 1. The normalized spacial score (nSPS) is 14.8. The Morgan fingerprint density at radius 2 is 1.69 bits per heavy atom. The summed E-state index contributed by atoms with van der Waals surface area (Å²) in [5.74, 6) is -1.54. The molecule has 3 aromatic rings. The lowest BCUT2D eigenvalue weighted by Gasteiger charge is -2.26. The third kappa shape index (κ3) is 5.29. The SMILES string of the molecule is COc1cc(/C=C2\C(=O)NC(=O)N(c3ccc(Cl)cc3)C2=O)cc(Cl)c1OCc1ccc(F)cc1. The topological polar surface area (TPSA) is 84.9 Å². The van der Waals surface area contributed by atoms with Crippen molar-refractivity contribution in [2.24, 2.45) is 0 Å². The van der Waals surface area contributed by atoms with Gasteiger partial charge in [0.15, 0.2) is 11.5 Å². The molecule has 4 amide bonds. The van der Waals surface area contributed by atoms with Crippen LogP contribution in [-0.4, -0.2) is 25.0 Å². The van der Waals surface area contributed by atoms with E-state index >= 15 is 0 Å². The van der Waals surface area contributed by atoms with Gasteiger partial charge in [0.2, 0.25) is 0 Å². The Morgan fingerprint density at radius 3 is 2.34 bits per heavy atom. The predicted octanol–water partition coefficient (Wildman–Crippen LogP) is 5.39. The smallest absolute Gasteiger partial charge is 0.335 e. The Kier molecular flexibility index (Phi) is 7.04. The van der Waals surface area contributed by atoms with Crippen LogP contribution in [0.1, 0.15) is 11.1 Å². The van der Waals surface area contributed by atoms with Gasteiger partial charge in [-0.25, -0.2) is 14.1 Å². The van der Waals surface area contributed by atoms with Gasteiger partial charge < -0.3 is 9.47 Å². The van der Waals surface area contributed by atoms with Crippen molar-refractivity contribution >= 4 is 52.8 Å². The van der Waals surface area contributed by atoms with E-state index in [4.69, 9.17) is 32.7 Å². The Balaban J connectivity index is 1.63. The van der Waals surface area contributed by atoms with Gasteiger partial charge in [0, 0.05) is 5.02 Å². The molecule has 4 rings (SSSR count). The summed E-state index contributed by atoms with van der Waals surface area (Å²) in [5.41, 5.74) is 1.05. The fourth-order valence-electron chi connectivity index (χ4n) is 3.35. The number of benzene rings is 3. The maximum absolute atomic E-state index is 13.1. The highest BCUT2D eigenvalue weighted by molar-refractivity contribution is 6.39. The maximum atomic E-state index is 13.1. The lowest BCUT2D eigenvalue weighted by molar-refractivity contribution is -0.122. The fourth-order valence-corrected chi connectivity index (χ4v) is 3.75. The molecule has 178 valence electrons. The molecule has 0 aliphatic carbocycles. The number of anilines is 1. The van der Waals surface area contributed by atoms with Gasteiger partial charge in [-0.15, -0.1) is 0 Å². The molecule has 35 heavy (non-hydrogen) atoms. The van der Waals surface area contributed by atoms with Gasteiger partial charge in [-0.2, -0.15) is 0 Å². The van der Waals surface area contributed by atoms with Crippen LogP contribution >= 0.6 is 23.2 Å². The van der Waals surface area contributed by atoms with Gasteiger partial charge >= 0.3 is 6.03 Å². The molecule has 0 aromatic heterocycles. The number of methoxy groups -OCH3 is 1. The number of urea groups is 1. The molecule has 1 aliphatic rings. The van der Waals surface area contributed by atoms with Gasteiger partial charge in [0.25, 0.3) is 11.8 Å². The highest BCUT2D eigenvalue weighted by Crippen LogP contribution is 2.38. The monoisotopic (exact) mass is 514 g/mol. The molecule has 0 unspecified atom stereocenters. The summed E-state index contributed by atoms with van der Waals surface area (Å²) >= 11 is 12.3. The minimum atomic E-state index is -0.875. The maximum Gasteiger partial charge on any atom is 0.335 e. The van der Waals surface area contributed by atoms with E-state index in [9.17, 15) is 18.8 Å². The van der Waals surface area contributed by atoms with Crippen LogP contribution in [0.3, 0.4) is 0 Å². The number of hydrogen-bond acceptors (Lipinski definition) is 5. The van der Waals surface area contributed by atoms with E-state index in [0.717, 1.165) is 4.90 Å². The summed E-state index contributed by atoms with van der Waals surface area (Å²) in [4.78, 5) is 38.7. The van der Waals surface area contributed by atoms with Crippen LogP contribution in [0.25, 0.3) is 6.08 Å². The van der Waals surface area contributed by atoms with Crippen LogP contribution in [0.2, 0.25) is 10.0 Å². The van der Waals surface area contributed by atoms with Crippen molar-refractivity contribution in [3.05, 3.63) is 93.2 Å². The van der Waals surface area contributed by atoms with Crippen molar-refractivity contribution in [2.75, 3.05) is 12.0 Å². The van der Waals surface area contributed by atoms with Gasteiger partial charge in [-0.05, 0) is 65.7 Å². The zero-order valence-electron chi connectivity index (χ0n) is 18.2. The van der Waals surface area contributed by atoms with E-state index in [1.165, 1.54) is 61.7 Å². The van der Waals surface area contributed by atoms with Crippen LogP contribution in [-0.2, 0) is 16.2 Å². The molecular weight excluding hydrogens is 498 g/mol. The summed E-state index contributed by atoms with van der Waals surface area (Å²) in [6.07, 6.45) is 1.30. The molecule has 1 saturated heterocycles. The summed E-state index contributed by atoms with van der Waals surface area (Å²) in [5, 5.41) is 2.74. The van der Waals surface area contributed by atoms with Crippen molar-refractivity contribution in [2.45, 2.75) is 6.61 Å². The predicted molar refractivity (Wildman–Crippen MR) is 129 cm³/mol. The molecule has 0 atom stereocenters. The second-order valence-corrected chi connectivity index (χ2v) is 8.23. The molecule has 0 bridgehead atoms. The van der Waals surface area contributed by atoms with E-state index < -0.39 is 17.8 Å². The average molecular weight is 515 g/mol. The number of hydrogen-bond donors (Lipinski definition) is 1. The summed E-state index contributed by atoms with van der Waals surface area (Å²) in [6.45, 7) is 0.107. The lowest BCUT2D eigenvalue weighted by atomic mass is 10.1. The third-order valence-electron chi connectivity index (χ3n) is 5.05. The number of carbonyl (C=O) groups excluding carboxylic acids is 3. The number of carbonyl (C=O) groups is 3. The van der Waals surface area contributed by atoms with E-state index in [1.54, 1.807) is 12.1 Å². The summed E-state index contributed by atoms with van der Waals surface area (Å²) in [7, 11) is 1.41. The second kappa shape index (κ2) is 10.2. The Hall–Kier alpha value is -3.88. The number of ether oxygens (including phenoxy) is 2. The van der Waals surface area contributed by atoms with Gasteiger partial charge in [-0.1, -0.05) is 35.3 Å². The zero-order chi connectivity index (χ0) is 25.1. The molecule has 0 saturated carbocycles. The standard InChI is InChI=1S/C25H17Cl2FN2O5/c1-34-21-12-15(11-20(27)22(21)35-13-14-2-6-17(28)7-3-14)10-19-23(31)29-25(33)30(24(19)32)18-8-4-16(26)5-9-18/h2-12H,13H2,1H3,(H,29,31,33)/b19-10+. The molecule has 1 heterocycles. The van der Waals surface area contributed by atoms with Crippen molar-refractivity contribution in [3.63, 3.8) is 0 Å². The van der Waals surface area contributed by atoms with Crippen LogP contribution < -0.4 is 19.7 Å². The molecule has 0 radical (unpaired) electrons. The van der Waals surface area contributed by atoms with Gasteiger partial charge in [-0.3, -0.25) is 14.9 Å². The second-order valence-electron chi connectivity index (χ2n) is 7.38. The Bertz CT molecular complexity index is 1340. The number of rotatable bonds is 6. The lowest BCUT2D eigenvalue weighted by Crippen LogP contribution is -2.54. The minimum absolute atomic E-state index is 0.107. The quantitative estimate of drug-likeness (QED) is 0.352. The van der Waals surface area contributed by atoms with Crippen LogP contribution in [0.4, 0.5) is 14.9 Å². The first-order valence-electron chi connectivity index (χ1n) is 10.2. The van der Waals surface area contributed by atoms with E-state index in [0.29, 0.717) is 16.1 Å². The minimum Gasteiger partial charge on any atom is -0.493 e. The van der Waals surface area contributed by atoms with Gasteiger partial charge in [0.1, 0.15) is 18.0 Å². The molecule has 1 N–H and O–H groups in total. The zero-order valence-corrected chi connectivity index (χ0v) is 19.7.